The summed E-state index contributed by atoms with van der Waals surface area (Å²) in [7, 11) is 0. The van der Waals surface area contributed by atoms with Crippen molar-refractivity contribution in [1.82, 2.24) is 5.32 Å². The molecule has 0 saturated carbocycles. The van der Waals surface area contributed by atoms with Gasteiger partial charge in [-0.15, -0.1) is 11.3 Å². The number of aryl methyl sites for hydroxylation is 1. The summed E-state index contributed by atoms with van der Waals surface area (Å²) in [5, 5.41) is 11.4. The molecular weight excluding hydrogens is 286 g/mol. The van der Waals surface area contributed by atoms with Crippen LogP contribution in [-0.4, -0.2) is 17.0 Å². The first kappa shape index (κ1) is 15.0. The van der Waals surface area contributed by atoms with Crippen molar-refractivity contribution in [3.05, 3.63) is 63.4 Å². The summed E-state index contributed by atoms with van der Waals surface area (Å²) in [5.74, 6) is -1.16. The van der Waals surface area contributed by atoms with Crippen LogP contribution < -0.4 is 5.32 Å². The lowest BCUT2D eigenvalue weighted by atomic mass is 10.1. The first-order valence-corrected chi connectivity index (χ1v) is 7.21. The Kier molecular flexibility index (Phi) is 4.90. The number of rotatable bonds is 5. The molecule has 2 N–H and O–H groups in total. The number of hydrogen-bond donors (Lipinski definition) is 2. The Hall–Kier alpha value is -2.40. The number of aliphatic carboxylic acids is 1. The molecule has 0 aliphatic heterocycles. The van der Waals surface area contributed by atoms with Crippen molar-refractivity contribution in [1.29, 1.82) is 0 Å². The van der Waals surface area contributed by atoms with Crippen molar-refractivity contribution in [3.63, 3.8) is 0 Å². The van der Waals surface area contributed by atoms with Gasteiger partial charge >= 0.3 is 5.97 Å². The van der Waals surface area contributed by atoms with Crippen LogP contribution in [-0.2, 0) is 11.3 Å². The summed E-state index contributed by atoms with van der Waals surface area (Å²) in [4.78, 5) is 23.7. The molecule has 0 fully saturated rings. The van der Waals surface area contributed by atoms with E-state index in [1.807, 2.05) is 31.2 Å². The maximum absolute atomic E-state index is 12.0. The van der Waals surface area contributed by atoms with E-state index in [0.29, 0.717) is 11.4 Å². The Morgan fingerprint density at radius 3 is 2.81 bits per heavy atom. The molecule has 2 aromatic rings. The highest BCUT2D eigenvalue weighted by atomic mass is 32.1. The van der Waals surface area contributed by atoms with Gasteiger partial charge in [-0.25, -0.2) is 4.79 Å². The van der Waals surface area contributed by atoms with E-state index in [1.54, 1.807) is 12.1 Å². The first-order valence-electron chi connectivity index (χ1n) is 6.39. The normalized spacial score (nSPS) is 10.7. The van der Waals surface area contributed by atoms with Crippen LogP contribution in [0.4, 0.5) is 0 Å². The average molecular weight is 301 g/mol. The second-order valence-electron chi connectivity index (χ2n) is 4.55. The van der Waals surface area contributed by atoms with E-state index < -0.39 is 5.97 Å². The summed E-state index contributed by atoms with van der Waals surface area (Å²) >= 11 is 1.26. The molecule has 0 aliphatic carbocycles. The highest BCUT2D eigenvalue weighted by molar-refractivity contribution is 7.14. The lowest BCUT2D eigenvalue weighted by molar-refractivity contribution is -0.131. The van der Waals surface area contributed by atoms with Crippen LogP contribution in [0.25, 0.3) is 6.08 Å². The van der Waals surface area contributed by atoms with Crippen molar-refractivity contribution < 1.29 is 14.7 Å². The molecule has 0 saturated heterocycles. The predicted molar refractivity (Wildman–Crippen MR) is 83.3 cm³/mol. The number of thiophene rings is 1. The lowest BCUT2D eigenvalue weighted by Crippen LogP contribution is -2.21. The zero-order valence-electron chi connectivity index (χ0n) is 11.5. The fraction of sp³-hybridized carbons (Fsp3) is 0.125. The molecule has 1 aromatic carbocycles. The molecule has 1 heterocycles. The lowest BCUT2D eigenvalue weighted by Gasteiger charge is -2.04. The molecule has 5 heteroatoms. The second-order valence-corrected chi connectivity index (χ2v) is 5.66. The zero-order chi connectivity index (χ0) is 15.2. The molecule has 0 bridgehead atoms. The minimum absolute atomic E-state index is 0.156. The number of carbonyl (C=O) groups excluding carboxylic acids is 1. The average Bonchev–Trinajstić information content (AvgIpc) is 2.91. The van der Waals surface area contributed by atoms with E-state index in [-0.39, 0.29) is 5.91 Å². The van der Waals surface area contributed by atoms with Crippen LogP contribution in [0.2, 0.25) is 0 Å². The standard InChI is InChI=1S/C16H15NO3S/c1-11-3-2-4-12(9-11)10-17-16(20)14-7-5-13(21-14)6-8-15(18)19/h2-9H,10H2,1H3,(H,17,20)(H,18,19). The summed E-state index contributed by atoms with van der Waals surface area (Å²) in [6, 6.07) is 11.4. The fourth-order valence-corrected chi connectivity index (χ4v) is 2.64. The Labute approximate surface area is 126 Å². The van der Waals surface area contributed by atoms with Crippen LogP contribution in [0, 0.1) is 6.92 Å². The van der Waals surface area contributed by atoms with Gasteiger partial charge in [0.2, 0.25) is 0 Å². The van der Waals surface area contributed by atoms with Crippen LogP contribution >= 0.6 is 11.3 Å². The molecule has 21 heavy (non-hydrogen) atoms. The van der Waals surface area contributed by atoms with E-state index in [9.17, 15) is 9.59 Å². The summed E-state index contributed by atoms with van der Waals surface area (Å²) < 4.78 is 0. The Balaban J connectivity index is 1.96. The molecular formula is C16H15NO3S. The Morgan fingerprint density at radius 1 is 1.29 bits per heavy atom. The molecule has 4 nitrogen and oxygen atoms in total. The van der Waals surface area contributed by atoms with Gasteiger partial charge in [-0.05, 0) is 30.7 Å². The van der Waals surface area contributed by atoms with E-state index in [0.717, 1.165) is 22.1 Å². The maximum Gasteiger partial charge on any atom is 0.328 e. The summed E-state index contributed by atoms with van der Waals surface area (Å²) in [6.45, 7) is 2.48. The monoisotopic (exact) mass is 301 g/mol. The number of amides is 1. The van der Waals surface area contributed by atoms with Gasteiger partial charge in [0.15, 0.2) is 0 Å². The smallest absolute Gasteiger partial charge is 0.328 e. The Bertz CT molecular complexity index is 688. The third-order valence-electron chi connectivity index (χ3n) is 2.78. The van der Waals surface area contributed by atoms with Crippen LogP contribution in [0.5, 0.6) is 0 Å². The van der Waals surface area contributed by atoms with Crippen LogP contribution in [0.1, 0.15) is 25.7 Å². The molecule has 0 radical (unpaired) electrons. The largest absolute Gasteiger partial charge is 0.478 e. The maximum atomic E-state index is 12.0. The topological polar surface area (TPSA) is 66.4 Å². The SMILES string of the molecule is Cc1cccc(CNC(=O)c2ccc(C=CC(=O)O)s2)c1. The number of carbonyl (C=O) groups is 2. The van der Waals surface area contributed by atoms with Gasteiger partial charge in [0.25, 0.3) is 5.91 Å². The van der Waals surface area contributed by atoms with Crippen molar-refractivity contribution in [2.75, 3.05) is 0 Å². The number of nitrogens with one attached hydrogen (secondary N) is 1. The van der Waals surface area contributed by atoms with Gasteiger partial charge in [-0.2, -0.15) is 0 Å². The number of benzene rings is 1. The van der Waals surface area contributed by atoms with Crippen molar-refractivity contribution in [2.24, 2.45) is 0 Å². The van der Waals surface area contributed by atoms with E-state index in [4.69, 9.17) is 5.11 Å². The molecule has 1 amide bonds. The molecule has 0 unspecified atom stereocenters. The quantitative estimate of drug-likeness (QED) is 0.834. The Morgan fingerprint density at radius 2 is 2.10 bits per heavy atom. The first-order chi connectivity index (χ1) is 10.0. The van der Waals surface area contributed by atoms with Gasteiger partial charge in [0, 0.05) is 17.5 Å². The third-order valence-corrected chi connectivity index (χ3v) is 3.83. The van der Waals surface area contributed by atoms with Gasteiger partial charge in [-0.1, -0.05) is 29.8 Å². The van der Waals surface area contributed by atoms with Crippen LogP contribution in [0.15, 0.2) is 42.5 Å². The zero-order valence-corrected chi connectivity index (χ0v) is 12.3. The van der Waals surface area contributed by atoms with Gasteiger partial charge in [0.1, 0.15) is 0 Å². The molecule has 2 rings (SSSR count). The van der Waals surface area contributed by atoms with Crippen molar-refractivity contribution >= 4 is 29.3 Å². The second kappa shape index (κ2) is 6.85. The summed E-state index contributed by atoms with van der Waals surface area (Å²) in [6.07, 6.45) is 2.53. The van der Waals surface area contributed by atoms with E-state index >= 15 is 0 Å². The molecule has 108 valence electrons. The highest BCUT2D eigenvalue weighted by Gasteiger charge is 2.08. The van der Waals surface area contributed by atoms with Crippen molar-refractivity contribution in [2.45, 2.75) is 13.5 Å². The number of carboxylic acid groups (broad SMARTS) is 1. The van der Waals surface area contributed by atoms with Gasteiger partial charge in [0.05, 0.1) is 4.88 Å². The minimum atomic E-state index is -1.01. The number of carboxylic acids is 1. The number of hydrogen-bond acceptors (Lipinski definition) is 3. The molecule has 0 aliphatic rings. The van der Waals surface area contributed by atoms with E-state index in [2.05, 4.69) is 5.32 Å². The van der Waals surface area contributed by atoms with E-state index in [1.165, 1.54) is 17.4 Å². The molecule has 0 spiro atoms. The van der Waals surface area contributed by atoms with Crippen LogP contribution in [0.3, 0.4) is 0 Å². The third kappa shape index (κ3) is 4.57. The van der Waals surface area contributed by atoms with Gasteiger partial charge in [-0.3, -0.25) is 4.79 Å². The predicted octanol–water partition coefficient (Wildman–Crippen LogP) is 3.08. The van der Waals surface area contributed by atoms with Gasteiger partial charge < -0.3 is 10.4 Å². The minimum Gasteiger partial charge on any atom is -0.478 e. The molecule has 1 aromatic heterocycles. The summed E-state index contributed by atoms with van der Waals surface area (Å²) in [5.41, 5.74) is 2.20. The highest BCUT2D eigenvalue weighted by Crippen LogP contribution is 2.18. The fourth-order valence-electron chi connectivity index (χ4n) is 1.81. The molecule has 0 atom stereocenters. The van der Waals surface area contributed by atoms with Crippen molar-refractivity contribution in [3.8, 4) is 0 Å².